The number of rotatable bonds is 6. The summed E-state index contributed by atoms with van der Waals surface area (Å²) < 4.78 is 66.1. The molecule has 6 nitrogen and oxygen atoms in total. The predicted octanol–water partition coefficient (Wildman–Crippen LogP) is 1.02. The minimum absolute atomic E-state index is 0.161. The van der Waals surface area contributed by atoms with Crippen molar-refractivity contribution in [3.05, 3.63) is 0 Å². The number of alkyl halides is 3. The number of nitrogens with zero attached hydrogens (tertiary/aromatic N) is 2. The Bertz CT molecular complexity index is 611. The number of aromatic nitrogens is 1. The number of halogens is 3. The Labute approximate surface area is 123 Å². The summed E-state index contributed by atoms with van der Waals surface area (Å²) in [6.07, 6.45) is -3.60. The van der Waals surface area contributed by atoms with Gasteiger partial charge >= 0.3 is 6.18 Å². The van der Waals surface area contributed by atoms with Crippen LogP contribution in [0.4, 0.5) is 24.0 Å². The van der Waals surface area contributed by atoms with Crippen LogP contribution < -0.4 is 10.6 Å². The molecule has 21 heavy (non-hydrogen) atoms. The van der Waals surface area contributed by atoms with Crippen LogP contribution in [0, 0.1) is 0 Å². The zero-order chi connectivity index (χ0) is 15.8. The Morgan fingerprint density at radius 1 is 1.43 bits per heavy atom. The van der Waals surface area contributed by atoms with Crippen molar-refractivity contribution in [2.24, 2.45) is 0 Å². The third kappa shape index (κ3) is 3.58. The van der Waals surface area contributed by atoms with Crippen LogP contribution in [0.1, 0.15) is 12.8 Å². The molecule has 120 valence electrons. The highest BCUT2D eigenvalue weighted by molar-refractivity contribution is 7.92. The summed E-state index contributed by atoms with van der Waals surface area (Å²) in [6.45, 7) is -2.27. The topological polar surface area (TPSA) is 96.5 Å². The van der Waals surface area contributed by atoms with E-state index in [4.69, 9.17) is 10.8 Å². The Morgan fingerprint density at radius 2 is 2.05 bits per heavy atom. The summed E-state index contributed by atoms with van der Waals surface area (Å²) >= 11 is 0.598. The van der Waals surface area contributed by atoms with Crippen molar-refractivity contribution in [2.45, 2.75) is 29.2 Å². The Balaban J connectivity index is 2.42. The van der Waals surface area contributed by atoms with Crippen LogP contribution in [0.25, 0.3) is 0 Å². The van der Waals surface area contributed by atoms with E-state index in [1.165, 1.54) is 0 Å². The molecule has 0 bridgehead atoms. The molecule has 1 aliphatic carbocycles. The molecule has 2 rings (SSSR count). The molecule has 1 saturated carbocycles. The smallest absolute Gasteiger partial charge is 0.395 e. The molecule has 3 N–H and O–H groups in total. The molecule has 0 unspecified atom stereocenters. The molecule has 0 spiro atoms. The van der Waals surface area contributed by atoms with Crippen molar-refractivity contribution < 1.29 is 26.7 Å². The van der Waals surface area contributed by atoms with Crippen molar-refractivity contribution in [3.63, 3.8) is 0 Å². The molecule has 1 aliphatic rings. The summed E-state index contributed by atoms with van der Waals surface area (Å²) in [6, 6.07) is 0. The van der Waals surface area contributed by atoms with Gasteiger partial charge in [-0.15, -0.1) is 0 Å². The molecular formula is C10H14F3N3O3S2. The predicted molar refractivity (Wildman–Crippen MR) is 72.1 cm³/mol. The maximum absolute atomic E-state index is 12.6. The molecule has 0 aromatic carbocycles. The summed E-state index contributed by atoms with van der Waals surface area (Å²) in [5, 5.41) is 8.15. The average molecular weight is 345 g/mol. The minimum atomic E-state index is -4.53. The maximum Gasteiger partial charge on any atom is 0.405 e. The summed E-state index contributed by atoms with van der Waals surface area (Å²) in [7, 11) is -3.77. The molecule has 0 saturated heterocycles. The highest BCUT2D eigenvalue weighted by Crippen LogP contribution is 2.43. The largest absolute Gasteiger partial charge is 0.405 e. The van der Waals surface area contributed by atoms with Crippen molar-refractivity contribution in [1.29, 1.82) is 0 Å². The number of nitrogens with two attached hydrogens (primary N) is 1. The van der Waals surface area contributed by atoms with Crippen molar-refractivity contribution in [3.8, 4) is 0 Å². The van der Waals surface area contributed by atoms with E-state index in [9.17, 15) is 21.6 Å². The van der Waals surface area contributed by atoms with E-state index in [0.717, 1.165) is 4.90 Å². The van der Waals surface area contributed by atoms with Gasteiger partial charge < -0.3 is 15.7 Å². The Hall–Kier alpha value is -1.07. The van der Waals surface area contributed by atoms with Gasteiger partial charge in [-0.25, -0.2) is 8.42 Å². The number of hydrogen-bond donors (Lipinski definition) is 2. The summed E-state index contributed by atoms with van der Waals surface area (Å²) in [5.74, 6) is -0.285. The molecule has 0 aliphatic heterocycles. The minimum Gasteiger partial charge on any atom is -0.395 e. The standard InChI is InChI=1S/C10H14F3N3O3S2/c11-10(12,13)5-16(3-4-17)9-7(8(14)15-20-9)21(18,19)6-1-2-6/h6,17H,1-5H2,(H2,14,15). The van der Waals surface area contributed by atoms with Gasteiger partial charge in [0.15, 0.2) is 15.7 Å². The summed E-state index contributed by atoms with van der Waals surface area (Å²) in [5.41, 5.74) is 5.54. The van der Waals surface area contributed by atoms with Gasteiger partial charge in [0.2, 0.25) is 0 Å². The number of aliphatic hydroxyl groups is 1. The molecule has 1 fully saturated rings. The van der Waals surface area contributed by atoms with Gasteiger partial charge in [0.25, 0.3) is 0 Å². The van der Waals surface area contributed by atoms with Gasteiger partial charge in [0.1, 0.15) is 16.4 Å². The van der Waals surface area contributed by atoms with Gasteiger partial charge in [-0.1, -0.05) is 0 Å². The maximum atomic E-state index is 12.6. The van der Waals surface area contributed by atoms with Crippen LogP contribution in [-0.4, -0.2) is 49.0 Å². The first-order valence-corrected chi connectivity index (χ1v) is 8.40. The zero-order valence-corrected chi connectivity index (χ0v) is 12.4. The van der Waals surface area contributed by atoms with Crippen LogP contribution >= 0.6 is 11.5 Å². The molecule has 0 atom stereocenters. The second-order valence-corrected chi connectivity index (χ2v) is 7.62. The second-order valence-electron chi connectivity index (χ2n) is 4.71. The molecule has 1 aromatic heterocycles. The van der Waals surface area contributed by atoms with E-state index in [1.807, 2.05) is 0 Å². The molecule has 11 heteroatoms. The first-order valence-electron chi connectivity index (χ1n) is 6.08. The van der Waals surface area contributed by atoms with Crippen molar-refractivity contribution in [2.75, 3.05) is 30.3 Å². The van der Waals surface area contributed by atoms with E-state index in [2.05, 4.69) is 4.37 Å². The fraction of sp³-hybridized carbons (Fsp3) is 0.700. The molecule has 1 aromatic rings. The first kappa shape index (κ1) is 16.3. The molecule has 0 radical (unpaired) electrons. The van der Waals surface area contributed by atoms with E-state index in [0.29, 0.717) is 24.4 Å². The number of aliphatic hydroxyl groups excluding tert-OH is 1. The van der Waals surface area contributed by atoms with Crippen molar-refractivity contribution >= 4 is 32.2 Å². The van der Waals surface area contributed by atoms with Gasteiger partial charge in [-0.3, -0.25) is 0 Å². The average Bonchev–Trinajstić information content (AvgIpc) is 3.11. The Morgan fingerprint density at radius 3 is 2.52 bits per heavy atom. The van der Waals surface area contributed by atoms with Crippen molar-refractivity contribution in [1.82, 2.24) is 4.37 Å². The van der Waals surface area contributed by atoms with Gasteiger partial charge in [0.05, 0.1) is 11.9 Å². The quantitative estimate of drug-likeness (QED) is 0.799. The second kappa shape index (κ2) is 5.61. The number of nitrogen functional groups attached to an aromatic ring is 1. The monoisotopic (exact) mass is 345 g/mol. The first-order chi connectivity index (χ1) is 9.66. The number of sulfone groups is 1. The van der Waals surface area contributed by atoms with E-state index < -0.39 is 34.4 Å². The Kier molecular flexibility index (Phi) is 4.36. The highest BCUT2D eigenvalue weighted by Gasteiger charge is 2.42. The van der Waals surface area contributed by atoms with Crippen LogP contribution in [0.15, 0.2) is 4.90 Å². The zero-order valence-electron chi connectivity index (χ0n) is 10.8. The third-order valence-corrected chi connectivity index (χ3v) is 6.31. The SMILES string of the molecule is Nc1nsc(N(CCO)CC(F)(F)F)c1S(=O)(=O)C1CC1. The van der Waals surface area contributed by atoms with E-state index in [1.54, 1.807) is 0 Å². The van der Waals surface area contributed by atoms with Crippen LogP contribution in [-0.2, 0) is 9.84 Å². The fourth-order valence-corrected chi connectivity index (χ4v) is 4.94. The van der Waals surface area contributed by atoms with Gasteiger partial charge in [0, 0.05) is 6.54 Å². The van der Waals surface area contributed by atoms with Crippen LogP contribution in [0.2, 0.25) is 0 Å². The lowest BCUT2D eigenvalue weighted by Gasteiger charge is -2.24. The summed E-state index contributed by atoms with van der Waals surface area (Å²) in [4.78, 5) is 0.413. The van der Waals surface area contributed by atoms with Gasteiger partial charge in [-0.2, -0.15) is 17.5 Å². The lowest BCUT2D eigenvalue weighted by atomic mass is 10.4. The van der Waals surface area contributed by atoms with Crippen LogP contribution in [0.3, 0.4) is 0 Å². The molecule has 1 heterocycles. The highest BCUT2D eigenvalue weighted by atomic mass is 32.2. The van der Waals surface area contributed by atoms with E-state index in [-0.39, 0.29) is 22.3 Å². The molecule has 0 amide bonds. The van der Waals surface area contributed by atoms with E-state index >= 15 is 0 Å². The number of anilines is 2. The number of hydrogen-bond acceptors (Lipinski definition) is 7. The normalized spacial score (nSPS) is 16.2. The lowest BCUT2D eigenvalue weighted by Crippen LogP contribution is -2.36. The molecular weight excluding hydrogens is 331 g/mol. The lowest BCUT2D eigenvalue weighted by molar-refractivity contribution is -0.119. The van der Waals surface area contributed by atoms with Crippen LogP contribution in [0.5, 0.6) is 0 Å². The third-order valence-electron chi connectivity index (χ3n) is 2.93. The van der Waals surface area contributed by atoms with Gasteiger partial charge in [-0.05, 0) is 24.4 Å². The fourth-order valence-electron chi connectivity index (χ4n) is 1.89.